The smallest absolute Gasteiger partial charge is 0.316 e. The van der Waals surface area contributed by atoms with Crippen molar-refractivity contribution in [1.82, 2.24) is 20.4 Å². The topological polar surface area (TPSA) is 133 Å². The highest BCUT2D eigenvalue weighted by Crippen LogP contribution is 2.36. The molecule has 2 bridgehead atoms. The van der Waals surface area contributed by atoms with Crippen LogP contribution in [0.25, 0.3) is 0 Å². The number of rotatable bonds is 14. The SMILES string of the molecule is CN/C(=C/[N+](=O)[O-])NCCSCc1ccc(CN(C)C)o1.CN1[C@@H]2CC[C@H]1C[C@@H](OC(=O)C(CO)c1ccccc1)C2. The van der Waals surface area contributed by atoms with E-state index in [9.17, 15) is 20.0 Å². The standard InChI is InChI=1S/C17H23NO3.C13H22N4O3S/c1-18-13-7-8-14(18)10-15(9-13)21-17(20)16(11-19)12-5-3-2-4-6-12;1-14-13(9-17(18)19)15-6-7-21-10-12-5-4-11(20-12)8-16(2)3/h2-6,13-16,19H,7-11H2,1H3;4-5,9,14-15H,6-8,10H2,1-3H3/b;13-9-/t13-,14+,15+,16?;. The van der Waals surface area contributed by atoms with Crippen molar-refractivity contribution >= 4 is 17.7 Å². The van der Waals surface area contributed by atoms with E-state index in [-0.39, 0.29) is 18.7 Å². The van der Waals surface area contributed by atoms with E-state index in [1.165, 1.54) is 12.8 Å². The van der Waals surface area contributed by atoms with Gasteiger partial charge >= 0.3 is 5.97 Å². The number of fused-ring (bicyclic) bond motifs is 2. The number of piperidine rings is 1. The van der Waals surface area contributed by atoms with E-state index < -0.39 is 10.8 Å². The zero-order valence-corrected chi connectivity index (χ0v) is 25.8. The highest BCUT2D eigenvalue weighted by molar-refractivity contribution is 7.98. The van der Waals surface area contributed by atoms with Gasteiger partial charge < -0.3 is 34.7 Å². The Bertz CT molecular complexity index is 1130. The molecule has 42 heavy (non-hydrogen) atoms. The van der Waals surface area contributed by atoms with Crippen LogP contribution in [0.2, 0.25) is 0 Å². The van der Waals surface area contributed by atoms with E-state index in [0.29, 0.717) is 24.4 Å². The minimum absolute atomic E-state index is 0.00367. The summed E-state index contributed by atoms with van der Waals surface area (Å²) in [4.78, 5) is 26.7. The maximum atomic E-state index is 12.4. The molecular formula is C30H45N5O6S. The van der Waals surface area contributed by atoms with Crippen LogP contribution < -0.4 is 10.6 Å². The Morgan fingerprint density at radius 2 is 1.88 bits per heavy atom. The van der Waals surface area contributed by atoms with Crippen LogP contribution in [0.15, 0.2) is 58.9 Å². The lowest BCUT2D eigenvalue weighted by atomic mass is 9.98. The van der Waals surface area contributed by atoms with Gasteiger partial charge in [0.25, 0.3) is 6.20 Å². The molecule has 3 N–H and O–H groups in total. The fourth-order valence-electron chi connectivity index (χ4n) is 5.34. The Labute approximate surface area is 252 Å². The number of nitrogens with one attached hydrogen (secondary N) is 2. The number of furan rings is 1. The quantitative estimate of drug-likeness (QED) is 0.127. The molecule has 4 rings (SSSR count). The second-order valence-corrected chi connectivity index (χ2v) is 12.0. The number of aliphatic hydroxyl groups is 1. The number of ether oxygens (including phenoxy) is 1. The molecule has 1 aromatic carbocycles. The molecule has 0 saturated carbocycles. The van der Waals surface area contributed by atoms with E-state index in [1.54, 1.807) is 18.8 Å². The highest BCUT2D eigenvalue weighted by atomic mass is 32.2. The van der Waals surface area contributed by atoms with E-state index in [4.69, 9.17) is 9.15 Å². The van der Waals surface area contributed by atoms with Gasteiger partial charge in [-0.25, -0.2) is 0 Å². The highest BCUT2D eigenvalue weighted by Gasteiger charge is 2.40. The average molecular weight is 604 g/mol. The minimum Gasteiger partial charge on any atom is -0.464 e. The van der Waals surface area contributed by atoms with Crippen LogP contribution in [0.5, 0.6) is 0 Å². The first-order chi connectivity index (χ1) is 20.2. The molecule has 1 unspecified atom stereocenters. The van der Waals surface area contributed by atoms with Gasteiger partial charge in [-0.2, -0.15) is 11.8 Å². The third-order valence-corrected chi connectivity index (χ3v) is 8.49. The number of benzene rings is 1. The number of esters is 1. The van der Waals surface area contributed by atoms with Crippen molar-refractivity contribution < 1.29 is 24.0 Å². The zero-order valence-electron chi connectivity index (χ0n) is 25.0. The number of carbonyl (C=O) groups excluding carboxylic acids is 1. The summed E-state index contributed by atoms with van der Waals surface area (Å²) >= 11 is 1.72. The van der Waals surface area contributed by atoms with Gasteiger partial charge in [-0.05, 0) is 64.5 Å². The Balaban J connectivity index is 0.000000230. The Hall–Kier alpha value is -3.06. The zero-order chi connectivity index (χ0) is 30.5. The largest absolute Gasteiger partial charge is 0.464 e. The summed E-state index contributed by atoms with van der Waals surface area (Å²) in [6, 6.07) is 14.5. The van der Waals surface area contributed by atoms with Crippen LogP contribution in [0.1, 0.15) is 48.7 Å². The van der Waals surface area contributed by atoms with E-state index in [2.05, 4.69) is 27.5 Å². The van der Waals surface area contributed by atoms with Crippen molar-refractivity contribution in [3.05, 3.63) is 81.7 Å². The van der Waals surface area contributed by atoms with Crippen molar-refractivity contribution in [3.8, 4) is 0 Å². The fourth-order valence-corrected chi connectivity index (χ4v) is 6.08. The summed E-state index contributed by atoms with van der Waals surface area (Å²) < 4.78 is 11.4. The maximum absolute atomic E-state index is 12.4. The van der Waals surface area contributed by atoms with Crippen molar-refractivity contribution in [1.29, 1.82) is 0 Å². The molecule has 11 nitrogen and oxygen atoms in total. The van der Waals surface area contributed by atoms with Crippen LogP contribution in [-0.2, 0) is 21.8 Å². The molecule has 0 spiro atoms. The van der Waals surface area contributed by atoms with Gasteiger partial charge in [-0.15, -0.1) is 0 Å². The predicted octanol–water partition coefficient (Wildman–Crippen LogP) is 3.39. The minimum atomic E-state index is -0.566. The van der Waals surface area contributed by atoms with Gasteiger partial charge in [0.1, 0.15) is 23.5 Å². The van der Waals surface area contributed by atoms with Crippen LogP contribution in [0.4, 0.5) is 0 Å². The van der Waals surface area contributed by atoms with Gasteiger partial charge in [0, 0.05) is 31.4 Å². The van der Waals surface area contributed by atoms with E-state index in [0.717, 1.165) is 54.2 Å². The lowest BCUT2D eigenvalue weighted by molar-refractivity contribution is -0.404. The fraction of sp³-hybridized carbons (Fsp3) is 0.567. The molecular weight excluding hydrogens is 558 g/mol. The summed E-state index contributed by atoms with van der Waals surface area (Å²) in [7, 11) is 7.81. The number of nitro groups is 1. The molecule has 4 atom stereocenters. The van der Waals surface area contributed by atoms with Crippen LogP contribution in [0.3, 0.4) is 0 Å². The van der Waals surface area contributed by atoms with Gasteiger partial charge in [0.15, 0.2) is 5.82 Å². The molecule has 232 valence electrons. The molecule has 0 aliphatic carbocycles. The predicted molar refractivity (Wildman–Crippen MR) is 164 cm³/mol. The number of hydrogen-bond acceptors (Lipinski definition) is 11. The molecule has 0 radical (unpaired) electrons. The van der Waals surface area contributed by atoms with Gasteiger partial charge in [-0.1, -0.05) is 30.3 Å². The van der Waals surface area contributed by atoms with Crippen molar-refractivity contribution in [2.24, 2.45) is 0 Å². The number of aliphatic hydroxyl groups excluding tert-OH is 1. The first-order valence-corrected chi connectivity index (χ1v) is 15.5. The molecule has 2 fully saturated rings. The average Bonchev–Trinajstić information content (AvgIpc) is 3.46. The lowest BCUT2D eigenvalue weighted by Crippen LogP contribution is -2.43. The number of carbonyl (C=O) groups is 1. The molecule has 3 heterocycles. The van der Waals surface area contributed by atoms with Gasteiger partial charge in [-0.3, -0.25) is 14.9 Å². The van der Waals surface area contributed by atoms with Gasteiger partial charge in [0.05, 0.1) is 23.8 Å². The second-order valence-electron chi connectivity index (χ2n) is 10.9. The first-order valence-electron chi connectivity index (χ1n) is 14.3. The molecule has 2 aromatic rings. The third kappa shape index (κ3) is 10.6. The third-order valence-electron chi connectivity index (χ3n) is 7.51. The van der Waals surface area contributed by atoms with Crippen molar-refractivity contribution in [2.45, 2.75) is 62.1 Å². The number of thioether (sulfide) groups is 1. The molecule has 12 heteroatoms. The van der Waals surface area contributed by atoms with Crippen LogP contribution >= 0.6 is 11.8 Å². The Morgan fingerprint density at radius 3 is 2.48 bits per heavy atom. The molecule has 2 aliphatic rings. The summed E-state index contributed by atoms with van der Waals surface area (Å²) in [6.45, 7) is 1.24. The maximum Gasteiger partial charge on any atom is 0.316 e. The summed E-state index contributed by atoms with van der Waals surface area (Å²) in [5, 5.41) is 25.6. The Morgan fingerprint density at radius 1 is 1.21 bits per heavy atom. The second kappa shape index (κ2) is 17.2. The van der Waals surface area contributed by atoms with Crippen LogP contribution in [-0.4, -0.2) is 91.1 Å². The van der Waals surface area contributed by atoms with E-state index in [1.807, 2.05) is 56.6 Å². The number of hydrogen-bond donors (Lipinski definition) is 3. The Kier molecular flexibility index (Phi) is 13.7. The number of nitrogens with zero attached hydrogens (tertiary/aromatic N) is 3. The first kappa shape index (κ1) is 33.4. The molecule has 2 saturated heterocycles. The normalized spacial score (nSPS) is 20.9. The van der Waals surface area contributed by atoms with E-state index >= 15 is 0 Å². The molecule has 0 amide bonds. The molecule has 2 aliphatic heterocycles. The van der Waals surface area contributed by atoms with Crippen molar-refractivity contribution in [3.63, 3.8) is 0 Å². The molecule has 1 aromatic heterocycles. The monoisotopic (exact) mass is 603 g/mol. The van der Waals surface area contributed by atoms with Crippen LogP contribution in [0, 0.1) is 10.1 Å². The summed E-state index contributed by atoms with van der Waals surface area (Å²) in [6.07, 6.45) is 5.18. The summed E-state index contributed by atoms with van der Waals surface area (Å²) in [5.41, 5.74) is 0.820. The lowest BCUT2D eigenvalue weighted by Gasteiger charge is -2.36. The van der Waals surface area contributed by atoms with Crippen molar-refractivity contribution in [2.75, 3.05) is 47.1 Å². The summed E-state index contributed by atoms with van der Waals surface area (Å²) in [5.74, 6) is 3.09. The van der Waals surface area contributed by atoms with Gasteiger partial charge in [0.2, 0.25) is 0 Å².